The summed E-state index contributed by atoms with van der Waals surface area (Å²) in [6, 6.07) is 1.53. The molecule has 0 fully saturated rings. The second-order valence-electron chi connectivity index (χ2n) is 5.88. The number of rotatable bonds is 5. The van der Waals surface area contributed by atoms with E-state index in [-0.39, 0.29) is 17.0 Å². The third-order valence-electron chi connectivity index (χ3n) is 3.47. The highest BCUT2D eigenvalue weighted by Crippen LogP contribution is 2.18. The van der Waals surface area contributed by atoms with Gasteiger partial charge in [0.05, 0.1) is 18.4 Å². The molecule has 108 valence electrons. The predicted molar refractivity (Wildman–Crippen MR) is 79.5 cm³/mol. The lowest BCUT2D eigenvalue weighted by atomic mass is 9.87. The van der Waals surface area contributed by atoms with E-state index in [1.54, 1.807) is 12.3 Å². The molecule has 0 saturated heterocycles. The van der Waals surface area contributed by atoms with Crippen molar-refractivity contribution >= 4 is 5.69 Å². The normalized spacial score (nSPS) is 13.4. The van der Waals surface area contributed by atoms with E-state index in [1.165, 1.54) is 4.68 Å². The van der Waals surface area contributed by atoms with Crippen molar-refractivity contribution in [3.63, 3.8) is 0 Å². The maximum absolute atomic E-state index is 12.1. The molecule has 0 aliphatic heterocycles. The fraction of sp³-hybridized carbons (Fsp3) is 0.714. The zero-order chi connectivity index (χ0) is 14.6. The fourth-order valence-electron chi connectivity index (χ4n) is 1.78. The van der Waals surface area contributed by atoms with Crippen LogP contribution in [-0.4, -0.2) is 28.9 Å². The van der Waals surface area contributed by atoms with Crippen LogP contribution < -0.4 is 16.2 Å². The second-order valence-corrected chi connectivity index (χ2v) is 5.88. The van der Waals surface area contributed by atoms with Gasteiger partial charge in [0.2, 0.25) is 0 Å². The summed E-state index contributed by atoms with van der Waals surface area (Å²) in [5, 5.41) is 4.23. The van der Waals surface area contributed by atoms with Crippen molar-refractivity contribution in [1.29, 1.82) is 0 Å². The molecule has 0 aliphatic rings. The molecule has 1 heterocycles. The first-order valence-electron chi connectivity index (χ1n) is 6.87. The standard InChI is InChI=1S/C14H26N4O/c1-6-17(7-2)11-8-13(19)18(16-9-11)10-12(15)14(3,4)5/h8-9,12H,6-7,10,15H2,1-5H3. The minimum atomic E-state index is -0.1000. The van der Waals surface area contributed by atoms with E-state index in [2.05, 4.69) is 44.6 Å². The number of hydrogen-bond donors (Lipinski definition) is 1. The van der Waals surface area contributed by atoms with Crippen LogP contribution in [0.25, 0.3) is 0 Å². The highest BCUT2D eigenvalue weighted by atomic mass is 16.1. The first-order valence-corrected chi connectivity index (χ1v) is 6.87. The summed E-state index contributed by atoms with van der Waals surface area (Å²) in [7, 11) is 0. The van der Waals surface area contributed by atoms with Crippen LogP contribution in [0.15, 0.2) is 17.1 Å². The summed E-state index contributed by atoms with van der Waals surface area (Å²) >= 11 is 0. The van der Waals surface area contributed by atoms with E-state index in [9.17, 15) is 4.79 Å². The Morgan fingerprint density at radius 3 is 2.37 bits per heavy atom. The second kappa shape index (κ2) is 6.19. The van der Waals surface area contributed by atoms with Gasteiger partial charge in [0, 0.05) is 25.2 Å². The van der Waals surface area contributed by atoms with Gasteiger partial charge in [0.1, 0.15) is 0 Å². The Hall–Kier alpha value is -1.36. The Bertz CT molecular complexity index is 457. The van der Waals surface area contributed by atoms with E-state index >= 15 is 0 Å². The van der Waals surface area contributed by atoms with Crippen molar-refractivity contribution in [2.45, 2.75) is 47.2 Å². The highest BCUT2D eigenvalue weighted by Gasteiger charge is 2.21. The molecule has 0 spiro atoms. The smallest absolute Gasteiger partial charge is 0.268 e. The molecule has 1 aromatic rings. The van der Waals surface area contributed by atoms with Gasteiger partial charge < -0.3 is 10.6 Å². The molecule has 5 heteroatoms. The molecule has 2 N–H and O–H groups in total. The predicted octanol–water partition coefficient (Wildman–Crippen LogP) is 1.46. The molecule has 0 radical (unpaired) electrons. The molecule has 1 aromatic heterocycles. The first kappa shape index (κ1) is 15.7. The zero-order valence-electron chi connectivity index (χ0n) is 12.7. The van der Waals surface area contributed by atoms with Crippen LogP contribution in [0.4, 0.5) is 5.69 Å². The fourth-order valence-corrected chi connectivity index (χ4v) is 1.78. The van der Waals surface area contributed by atoms with Gasteiger partial charge in [-0.2, -0.15) is 5.10 Å². The van der Waals surface area contributed by atoms with E-state index in [1.807, 2.05) is 0 Å². The van der Waals surface area contributed by atoms with E-state index in [0.29, 0.717) is 6.54 Å². The summed E-state index contributed by atoms with van der Waals surface area (Å²) in [4.78, 5) is 14.2. The van der Waals surface area contributed by atoms with Gasteiger partial charge in [-0.3, -0.25) is 4.79 Å². The lowest BCUT2D eigenvalue weighted by Crippen LogP contribution is -2.42. The van der Waals surface area contributed by atoms with E-state index < -0.39 is 0 Å². The van der Waals surface area contributed by atoms with Gasteiger partial charge in [-0.05, 0) is 19.3 Å². The molecule has 0 aromatic carbocycles. The maximum Gasteiger partial charge on any atom is 0.268 e. The SMILES string of the molecule is CCN(CC)c1cnn(CC(N)C(C)(C)C)c(=O)c1. The summed E-state index contributed by atoms with van der Waals surface area (Å²) in [6.07, 6.45) is 1.74. The van der Waals surface area contributed by atoms with Crippen LogP contribution in [-0.2, 0) is 6.54 Å². The van der Waals surface area contributed by atoms with Crippen LogP contribution >= 0.6 is 0 Å². The lowest BCUT2D eigenvalue weighted by molar-refractivity contribution is 0.279. The largest absolute Gasteiger partial charge is 0.371 e. The molecule has 5 nitrogen and oxygen atoms in total. The van der Waals surface area contributed by atoms with Crippen molar-refractivity contribution < 1.29 is 0 Å². The van der Waals surface area contributed by atoms with Crippen molar-refractivity contribution in [1.82, 2.24) is 9.78 Å². The third-order valence-corrected chi connectivity index (χ3v) is 3.47. The van der Waals surface area contributed by atoms with Crippen LogP contribution in [0, 0.1) is 5.41 Å². The van der Waals surface area contributed by atoms with Crippen LogP contribution in [0.2, 0.25) is 0 Å². The summed E-state index contributed by atoms with van der Waals surface area (Å²) in [5.41, 5.74) is 6.83. The van der Waals surface area contributed by atoms with Crippen molar-refractivity contribution in [2.75, 3.05) is 18.0 Å². The topological polar surface area (TPSA) is 64.2 Å². The van der Waals surface area contributed by atoms with Crippen molar-refractivity contribution in [2.24, 2.45) is 11.1 Å². The van der Waals surface area contributed by atoms with Crippen LogP contribution in [0.1, 0.15) is 34.6 Å². The molecule has 0 amide bonds. The molecule has 0 aliphatic carbocycles. The molecule has 0 bridgehead atoms. The molecule has 19 heavy (non-hydrogen) atoms. The zero-order valence-corrected chi connectivity index (χ0v) is 12.7. The van der Waals surface area contributed by atoms with Gasteiger partial charge >= 0.3 is 0 Å². The summed E-state index contributed by atoms with van der Waals surface area (Å²) in [5.74, 6) is 0. The van der Waals surface area contributed by atoms with E-state index in [0.717, 1.165) is 18.8 Å². The minimum absolute atomic E-state index is 0.0430. The average molecular weight is 266 g/mol. The van der Waals surface area contributed by atoms with Gasteiger partial charge in [-0.1, -0.05) is 20.8 Å². The van der Waals surface area contributed by atoms with Gasteiger partial charge in [0.15, 0.2) is 0 Å². The third kappa shape index (κ3) is 4.06. The Morgan fingerprint density at radius 2 is 1.95 bits per heavy atom. The Morgan fingerprint density at radius 1 is 1.37 bits per heavy atom. The highest BCUT2D eigenvalue weighted by molar-refractivity contribution is 5.42. The number of nitrogens with two attached hydrogens (primary N) is 1. The molecular weight excluding hydrogens is 240 g/mol. The molecule has 0 saturated carbocycles. The molecule has 1 rings (SSSR count). The average Bonchev–Trinajstić information content (AvgIpc) is 2.32. The minimum Gasteiger partial charge on any atom is -0.371 e. The van der Waals surface area contributed by atoms with Gasteiger partial charge in [0.25, 0.3) is 5.56 Å². The quantitative estimate of drug-likeness (QED) is 0.876. The van der Waals surface area contributed by atoms with Gasteiger partial charge in [-0.25, -0.2) is 4.68 Å². The molecular formula is C14H26N4O. The van der Waals surface area contributed by atoms with Crippen LogP contribution in [0.3, 0.4) is 0 Å². The Balaban J connectivity index is 2.92. The monoisotopic (exact) mass is 266 g/mol. The van der Waals surface area contributed by atoms with Gasteiger partial charge in [-0.15, -0.1) is 0 Å². The Labute approximate surface area is 115 Å². The van der Waals surface area contributed by atoms with Crippen LogP contribution in [0.5, 0.6) is 0 Å². The number of hydrogen-bond acceptors (Lipinski definition) is 4. The van der Waals surface area contributed by atoms with Crippen molar-refractivity contribution in [3.05, 3.63) is 22.6 Å². The summed E-state index contributed by atoms with van der Waals surface area (Å²) in [6.45, 7) is 12.5. The number of nitrogens with zero attached hydrogens (tertiary/aromatic N) is 3. The number of anilines is 1. The van der Waals surface area contributed by atoms with Crippen molar-refractivity contribution in [3.8, 4) is 0 Å². The lowest BCUT2D eigenvalue weighted by Gasteiger charge is -2.27. The molecule has 1 atom stereocenters. The Kier molecular flexibility index (Phi) is 5.11. The maximum atomic E-state index is 12.1. The molecule has 1 unspecified atom stereocenters. The summed E-state index contributed by atoms with van der Waals surface area (Å²) < 4.78 is 1.45. The van der Waals surface area contributed by atoms with E-state index in [4.69, 9.17) is 5.73 Å². The first-order chi connectivity index (χ1) is 8.79. The number of aromatic nitrogens is 2.